The fourth-order valence-electron chi connectivity index (χ4n) is 4.72. The lowest BCUT2D eigenvalue weighted by molar-refractivity contribution is -0.373. The molecule has 0 bridgehead atoms. The van der Waals surface area contributed by atoms with Gasteiger partial charge in [-0.05, 0) is 36.4 Å². The van der Waals surface area contributed by atoms with Crippen molar-refractivity contribution in [2.45, 2.75) is 43.3 Å². The van der Waals surface area contributed by atoms with Crippen LogP contribution in [0, 0.1) is 0 Å². The predicted molar refractivity (Wildman–Crippen MR) is 134 cm³/mol. The van der Waals surface area contributed by atoms with Crippen LogP contribution in [0.3, 0.4) is 0 Å². The first-order chi connectivity index (χ1) is 17.5. The van der Waals surface area contributed by atoms with Gasteiger partial charge in [-0.15, -0.1) is 0 Å². The van der Waals surface area contributed by atoms with Gasteiger partial charge in [0.1, 0.15) is 24.4 Å². The van der Waals surface area contributed by atoms with Crippen LogP contribution in [0.25, 0.3) is 0 Å². The van der Waals surface area contributed by atoms with Crippen LogP contribution in [0.15, 0.2) is 72.8 Å². The average Bonchev–Trinajstić information content (AvgIpc) is 3.38. The number of hydrogen-bond acceptors (Lipinski definition) is 6. The van der Waals surface area contributed by atoms with E-state index in [1.807, 2.05) is 66.7 Å². The molecular formula is C27H23Cl3O6. The SMILES string of the molecule is Clc1cccc(C2OC[C@@H]3OC(c4cccc(Cl)c4)O[C@H]([C@H]4COC(c5cccc(Cl)c5)O4)[C@@H]3O2)c1. The van der Waals surface area contributed by atoms with Crippen molar-refractivity contribution in [3.8, 4) is 0 Å². The van der Waals surface area contributed by atoms with Crippen LogP contribution in [-0.2, 0) is 28.4 Å². The Morgan fingerprint density at radius 3 is 1.36 bits per heavy atom. The summed E-state index contributed by atoms with van der Waals surface area (Å²) in [7, 11) is 0. The van der Waals surface area contributed by atoms with E-state index in [0.29, 0.717) is 28.3 Å². The topological polar surface area (TPSA) is 55.4 Å². The van der Waals surface area contributed by atoms with Crippen molar-refractivity contribution in [3.63, 3.8) is 0 Å². The summed E-state index contributed by atoms with van der Waals surface area (Å²) in [5, 5.41) is 1.81. The Morgan fingerprint density at radius 2 is 0.889 bits per heavy atom. The van der Waals surface area contributed by atoms with E-state index in [2.05, 4.69) is 0 Å². The van der Waals surface area contributed by atoms with Crippen LogP contribution in [0.2, 0.25) is 15.1 Å². The van der Waals surface area contributed by atoms with Gasteiger partial charge in [0.05, 0.1) is 13.2 Å². The zero-order chi connectivity index (χ0) is 24.6. The lowest BCUT2D eigenvalue weighted by Crippen LogP contribution is -2.58. The fraction of sp³-hybridized carbons (Fsp3) is 0.333. The summed E-state index contributed by atoms with van der Waals surface area (Å²) in [4.78, 5) is 0. The van der Waals surface area contributed by atoms with Crippen LogP contribution in [0.1, 0.15) is 35.6 Å². The molecule has 0 spiro atoms. The summed E-state index contributed by atoms with van der Waals surface area (Å²) < 4.78 is 37.5. The first-order valence-electron chi connectivity index (χ1n) is 11.6. The van der Waals surface area contributed by atoms with Crippen molar-refractivity contribution in [1.82, 2.24) is 0 Å². The Kier molecular flexibility index (Phi) is 7.23. The van der Waals surface area contributed by atoms with Crippen LogP contribution >= 0.6 is 34.8 Å². The van der Waals surface area contributed by atoms with Crippen molar-refractivity contribution < 1.29 is 28.4 Å². The molecule has 3 aromatic rings. The van der Waals surface area contributed by atoms with Crippen molar-refractivity contribution in [1.29, 1.82) is 0 Å². The Labute approximate surface area is 223 Å². The molecule has 3 aliphatic heterocycles. The van der Waals surface area contributed by atoms with Gasteiger partial charge in [0.25, 0.3) is 0 Å². The number of ether oxygens (including phenoxy) is 6. The molecule has 36 heavy (non-hydrogen) atoms. The molecule has 7 atom stereocenters. The third kappa shape index (κ3) is 5.16. The number of benzene rings is 3. The predicted octanol–water partition coefficient (Wildman–Crippen LogP) is 6.66. The number of hydrogen-bond donors (Lipinski definition) is 0. The summed E-state index contributed by atoms with van der Waals surface area (Å²) in [6, 6.07) is 22.2. The third-order valence-corrected chi connectivity index (χ3v) is 7.11. The zero-order valence-electron chi connectivity index (χ0n) is 19.0. The second-order valence-corrected chi connectivity index (χ2v) is 10.2. The second kappa shape index (κ2) is 10.6. The van der Waals surface area contributed by atoms with Gasteiger partial charge in [0.15, 0.2) is 18.9 Å². The molecule has 3 saturated heterocycles. The molecule has 3 fully saturated rings. The summed E-state index contributed by atoms with van der Waals surface area (Å²) in [5.74, 6) is 0. The minimum Gasteiger partial charge on any atom is -0.346 e. The minimum absolute atomic E-state index is 0.310. The maximum Gasteiger partial charge on any atom is 0.185 e. The van der Waals surface area contributed by atoms with Gasteiger partial charge in [-0.1, -0.05) is 71.2 Å². The first-order valence-corrected chi connectivity index (χ1v) is 12.8. The molecule has 9 heteroatoms. The van der Waals surface area contributed by atoms with E-state index in [1.54, 1.807) is 6.07 Å². The van der Waals surface area contributed by atoms with Crippen molar-refractivity contribution in [2.24, 2.45) is 0 Å². The van der Waals surface area contributed by atoms with Crippen molar-refractivity contribution in [2.75, 3.05) is 13.2 Å². The summed E-state index contributed by atoms with van der Waals surface area (Å²) >= 11 is 18.6. The van der Waals surface area contributed by atoms with E-state index in [9.17, 15) is 0 Å². The molecule has 0 amide bonds. The van der Waals surface area contributed by atoms with E-state index in [0.717, 1.165) is 16.7 Å². The first kappa shape index (κ1) is 24.6. The molecule has 3 aliphatic rings. The molecule has 3 heterocycles. The van der Waals surface area contributed by atoms with Crippen LogP contribution in [0.5, 0.6) is 0 Å². The zero-order valence-corrected chi connectivity index (χ0v) is 21.2. The minimum atomic E-state index is -0.668. The number of fused-ring (bicyclic) bond motifs is 1. The molecule has 3 unspecified atom stereocenters. The number of rotatable bonds is 4. The average molecular weight is 550 g/mol. The molecular weight excluding hydrogens is 527 g/mol. The van der Waals surface area contributed by atoms with Crippen LogP contribution in [0.4, 0.5) is 0 Å². The van der Waals surface area contributed by atoms with E-state index in [-0.39, 0.29) is 0 Å². The molecule has 188 valence electrons. The van der Waals surface area contributed by atoms with Crippen molar-refractivity contribution >= 4 is 34.8 Å². The highest BCUT2D eigenvalue weighted by atomic mass is 35.5. The largest absolute Gasteiger partial charge is 0.346 e. The van der Waals surface area contributed by atoms with Gasteiger partial charge >= 0.3 is 0 Å². The Morgan fingerprint density at radius 1 is 0.500 bits per heavy atom. The summed E-state index contributed by atoms with van der Waals surface area (Å²) in [6.45, 7) is 0.628. The van der Waals surface area contributed by atoms with Gasteiger partial charge in [0.2, 0.25) is 0 Å². The normalized spacial score (nSPS) is 32.2. The molecule has 0 aliphatic carbocycles. The van der Waals surface area contributed by atoms with Crippen LogP contribution in [-0.4, -0.2) is 37.6 Å². The summed E-state index contributed by atoms with van der Waals surface area (Å²) in [6.07, 6.45) is -3.62. The quantitative estimate of drug-likeness (QED) is 0.363. The highest BCUT2D eigenvalue weighted by Gasteiger charge is 2.50. The molecule has 0 N–H and O–H groups in total. The summed E-state index contributed by atoms with van der Waals surface area (Å²) in [5.41, 5.74) is 2.45. The van der Waals surface area contributed by atoms with Gasteiger partial charge < -0.3 is 28.4 Å². The van der Waals surface area contributed by atoms with E-state index in [4.69, 9.17) is 63.2 Å². The van der Waals surface area contributed by atoms with E-state index in [1.165, 1.54) is 0 Å². The maximum absolute atomic E-state index is 6.48. The number of halogens is 3. The molecule has 0 aromatic heterocycles. The van der Waals surface area contributed by atoms with Crippen molar-refractivity contribution in [3.05, 3.63) is 105 Å². The highest BCUT2D eigenvalue weighted by molar-refractivity contribution is 6.31. The third-order valence-electron chi connectivity index (χ3n) is 6.40. The van der Waals surface area contributed by atoms with Gasteiger partial charge in [0, 0.05) is 31.8 Å². The monoisotopic (exact) mass is 548 g/mol. The Balaban J connectivity index is 1.27. The second-order valence-electron chi connectivity index (χ2n) is 8.88. The molecule has 0 saturated carbocycles. The smallest absolute Gasteiger partial charge is 0.185 e. The van der Waals surface area contributed by atoms with Gasteiger partial charge in [-0.3, -0.25) is 0 Å². The Bertz CT molecular complexity index is 1230. The fourth-order valence-corrected chi connectivity index (χ4v) is 5.32. The molecule has 6 rings (SSSR count). The lowest BCUT2D eigenvalue weighted by Gasteiger charge is -2.47. The highest BCUT2D eigenvalue weighted by Crippen LogP contribution is 2.42. The molecule has 0 radical (unpaired) electrons. The van der Waals surface area contributed by atoms with E-state index >= 15 is 0 Å². The Hall–Kier alpha value is -1.71. The molecule has 3 aromatic carbocycles. The standard InChI is InChI=1S/C27H23Cl3O6/c28-18-7-1-4-15(10-18)25-31-13-21(33-25)24-23-22(34-27(36-24)17-6-3-9-20(30)12-17)14-32-26(35-23)16-5-2-8-19(29)11-16/h1-12,21-27H,13-14H2/t21-,22+,23-,24-,25?,26?,27?/m1/s1. The molecule has 6 nitrogen and oxygen atoms in total. The maximum atomic E-state index is 6.48. The van der Waals surface area contributed by atoms with Gasteiger partial charge in [-0.2, -0.15) is 0 Å². The lowest BCUT2D eigenvalue weighted by atomic mass is 9.99. The van der Waals surface area contributed by atoms with E-state index < -0.39 is 43.3 Å². The van der Waals surface area contributed by atoms with Crippen LogP contribution < -0.4 is 0 Å². The van der Waals surface area contributed by atoms with Gasteiger partial charge in [-0.25, -0.2) is 0 Å².